The molecule has 0 radical (unpaired) electrons. The van der Waals surface area contributed by atoms with E-state index in [0.717, 1.165) is 43.2 Å². The van der Waals surface area contributed by atoms with Crippen LogP contribution in [0.15, 0.2) is 36.5 Å². The molecule has 4 rings (SSSR count). The Hall–Kier alpha value is -3.08. The molecular formula is C22H27N7O2S. The highest BCUT2D eigenvalue weighted by Gasteiger charge is 2.19. The van der Waals surface area contributed by atoms with Crippen LogP contribution in [0.4, 0.5) is 22.5 Å². The van der Waals surface area contributed by atoms with Gasteiger partial charge in [-0.05, 0) is 25.5 Å². The number of benzene rings is 1. The second-order valence-electron chi connectivity index (χ2n) is 7.63. The number of β-amino-alcohol motifs (C(OH)–C–C–N with tert-alkyl or cyclic N) is 1. The zero-order chi connectivity index (χ0) is 22.5. The lowest BCUT2D eigenvalue weighted by Gasteiger charge is -2.35. The van der Waals surface area contributed by atoms with E-state index in [1.807, 2.05) is 44.2 Å². The van der Waals surface area contributed by atoms with Crippen molar-refractivity contribution in [2.24, 2.45) is 0 Å². The van der Waals surface area contributed by atoms with Crippen LogP contribution in [-0.4, -0.2) is 70.2 Å². The molecule has 9 nitrogen and oxygen atoms in total. The van der Waals surface area contributed by atoms with Crippen LogP contribution < -0.4 is 15.5 Å². The fraction of sp³-hybridized carbons (Fsp3) is 0.364. The first-order chi connectivity index (χ1) is 15.5. The van der Waals surface area contributed by atoms with Crippen molar-refractivity contribution in [3.05, 3.63) is 52.8 Å². The van der Waals surface area contributed by atoms with E-state index in [1.54, 1.807) is 6.20 Å². The number of amides is 1. The van der Waals surface area contributed by atoms with Gasteiger partial charge in [-0.3, -0.25) is 9.69 Å². The van der Waals surface area contributed by atoms with Crippen molar-refractivity contribution in [2.75, 3.05) is 54.9 Å². The van der Waals surface area contributed by atoms with Gasteiger partial charge in [-0.1, -0.05) is 29.5 Å². The average Bonchev–Trinajstić information content (AvgIpc) is 3.24. The summed E-state index contributed by atoms with van der Waals surface area (Å²) in [5.41, 5.74) is 1.79. The van der Waals surface area contributed by atoms with E-state index in [-0.39, 0.29) is 12.5 Å². The summed E-state index contributed by atoms with van der Waals surface area (Å²) in [5.74, 6) is 1.98. The number of nitrogens with zero attached hydrogens (tertiary/aromatic N) is 5. The van der Waals surface area contributed by atoms with Crippen LogP contribution in [-0.2, 0) is 0 Å². The summed E-state index contributed by atoms with van der Waals surface area (Å²) in [5, 5.41) is 15.9. The third kappa shape index (κ3) is 5.39. The van der Waals surface area contributed by atoms with Gasteiger partial charge in [0.05, 0.1) is 12.8 Å². The Bertz CT molecular complexity index is 1080. The average molecular weight is 454 g/mol. The Balaban J connectivity index is 1.42. The normalized spacial score (nSPS) is 14.4. The van der Waals surface area contributed by atoms with Crippen molar-refractivity contribution in [2.45, 2.75) is 13.8 Å². The van der Waals surface area contributed by atoms with Crippen molar-refractivity contribution >= 4 is 39.7 Å². The largest absolute Gasteiger partial charge is 0.395 e. The van der Waals surface area contributed by atoms with Crippen molar-refractivity contribution in [1.29, 1.82) is 0 Å². The van der Waals surface area contributed by atoms with Crippen LogP contribution in [0, 0.1) is 13.8 Å². The summed E-state index contributed by atoms with van der Waals surface area (Å²) < 4.78 is 0. The molecule has 3 aromatic rings. The predicted molar refractivity (Wildman–Crippen MR) is 127 cm³/mol. The van der Waals surface area contributed by atoms with Gasteiger partial charge in [-0.15, -0.1) is 0 Å². The van der Waals surface area contributed by atoms with E-state index in [4.69, 9.17) is 5.11 Å². The molecule has 0 atom stereocenters. The highest BCUT2D eigenvalue weighted by molar-refractivity contribution is 7.17. The quantitative estimate of drug-likeness (QED) is 0.501. The van der Waals surface area contributed by atoms with Crippen LogP contribution >= 0.6 is 11.3 Å². The lowest BCUT2D eigenvalue weighted by molar-refractivity contribution is 0.103. The number of aromatic nitrogens is 3. The third-order valence-corrected chi connectivity index (χ3v) is 6.21. The number of aliphatic hydroxyl groups excluding tert-OH is 1. The molecule has 3 N–H and O–H groups in total. The maximum Gasteiger partial charge on any atom is 0.267 e. The highest BCUT2D eigenvalue weighted by Crippen LogP contribution is 2.25. The van der Waals surface area contributed by atoms with Crippen molar-refractivity contribution in [3.63, 3.8) is 0 Å². The molecule has 168 valence electrons. The minimum atomic E-state index is -0.190. The number of para-hydroxylation sites is 1. The van der Waals surface area contributed by atoms with Gasteiger partial charge in [0.15, 0.2) is 5.13 Å². The number of rotatable bonds is 7. The third-order valence-electron chi connectivity index (χ3n) is 5.29. The number of aliphatic hydroxyl groups is 1. The van der Waals surface area contributed by atoms with Crippen LogP contribution in [0.1, 0.15) is 21.1 Å². The van der Waals surface area contributed by atoms with Gasteiger partial charge in [0.25, 0.3) is 5.91 Å². The first-order valence-corrected chi connectivity index (χ1v) is 11.4. The van der Waals surface area contributed by atoms with E-state index in [1.165, 1.54) is 11.3 Å². The van der Waals surface area contributed by atoms with Gasteiger partial charge >= 0.3 is 0 Å². The van der Waals surface area contributed by atoms with Gasteiger partial charge in [0.2, 0.25) is 0 Å². The molecule has 1 aliphatic rings. The lowest BCUT2D eigenvalue weighted by atomic mass is 10.2. The molecule has 32 heavy (non-hydrogen) atoms. The van der Waals surface area contributed by atoms with E-state index in [0.29, 0.717) is 28.2 Å². The first kappa shape index (κ1) is 22.1. The number of aryl methyl sites for hydroxylation is 2. The lowest BCUT2D eigenvalue weighted by Crippen LogP contribution is -2.47. The summed E-state index contributed by atoms with van der Waals surface area (Å²) in [7, 11) is 0. The maximum absolute atomic E-state index is 12.6. The van der Waals surface area contributed by atoms with Gasteiger partial charge in [-0.25, -0.2) is 15.0 Å². The number of thiazole rings is 1. The monoisotopic (exact) mass is 453 g/mol. The number of hydrogen-bond acceptors (Lipinski definition) is 9. The molecule has 1 saturated heterocycles. The minimum Gasteiger partial charge on any atom is -0.395 e. The molecule has 3 heterocycles. The van der Waals surface area contributed by atoms with Crippen LogP contribution in [0.2, 0.25) is 0 Å². The summed E-state index contributed by atoms with van der Waals surface area (Å²) >= 11 is 1.28. The van der Waals surface area contributed by atoms with E-state index in [9.17, 15) is 4.79 Å². The van der Waals surface area contributed by atoms with Crippen LogP contribution in [0.25, 0.3) is 0 Å². The summed E-state index contributed by atoms with van der Waals surface area (Å²) in [6, 6.07) is 9.57. The SMILES string of the molecule is Cc1nc(Nc2ncc(C(=O)Nc3ccccc3C)s2)cc(N2CCN(CCO)CC2)n1. The van der Waals surface area contributed by atoms with E-state index in [2.05, 4.69) is 35.4 Å². The number of carbonyl (C=O) groups excluding carboxylic acids is 1. The smallest absolute Gasteiger partial charge is 0.267 e. The number of carbonyl (C=O) groups is 1. The molecular weight excluding hydrogens is 426 g/mol. The summed E-state index contributed by atoms with van der Waals surface area (Å²) in [6.07, 6.45) is 1.57. The zero-order valence-electron chi connectivity index (χ0n) is 18.2. The number of nitrogens with one attached hydrogen (secondary N) is 2. The Morgan fingerprint density at radius 2 is 1.94 bits per heavy atom. The summed E-state index contributed by atoms with van der Waals surface area (Å²) in [6.45, 7) is 8.16. The van der Waals surface area contributed by atoms with Crippen LogP contribution in [0.5, 0.6) is 0 Å². The number of anilines is 4. The molecule has 1 amide bonds. The van der Waals surface area contributed by atoms with E-state index >= 15 is 0 Å². The molecule has 10 heteroatoms. The fourth-order valence-corrected chi connectivity index (χ4v) is 4.28. The molecule has 2 aromatic heterocycles. The molecule has 0 bridgehead atoms. The van der Waals surface area contributed by atoms with Gasteiger partial charge in [0, 0.05) is 44.5 Å². The van der Waals surface area contributed by atoms with Crippen molar-refractivity contribution < 1.29 is 9.90 Å². The molecule has 0 saturated carbocycles. The first-order valence-electron chi connectivity index (χ1n) is 10.6. The molecule has 1 aromatic carbocycles. The Morgan fingerprint density at radius 3 is 2.69 bits per heavy atom. The van der Waals surface area contributed by atoms with Crippen molar-refractivity contribution in [3.8, 4) is 0 Å². The summed E-state index contributed by atoms with van der Waals surface area (Å²) in [4.78, 5) is 31.0. The van der Waals surface area contributed by atoms with Crippen LogP contribution in [0.3, 0.4) is 0 Å². The zero-order valence-corrected chi connectivity index (χ0v) is 19.0. The minimum absolute atomic E-state index is 0.180. The topological polar surface area (TPSA) is 107 Å². The molecule has 0 aliphatic carbocycles. The molecule has 1 aliphatic heterocycles. The van der Waals surface area contributed by atoms with Gasteiger partial charge in [0.1, 0.15) is 22.3 Å². The predicted octanol–water partition coefficient (Wildman–Crippen LogP) is 2.66. The molecule has 1 fully saturated rings. The Morgan fingerprint density at radius 1 is 1.16 bits per heavy atom. The number of hydrogen-bond donors (Lipinski definition) is 3. The molecule has 0 spiro atoms. The highest BCUT2D eigenvalue weighted by atomic mass is 32.1. The second-order valence-corrected chi connectivity index (χ2v) is 8.67. The standard InChI is InChI=1S/C22H27N7O2S/c1-15-5-3-4-6-17(15)26-21(31)18-14-23-22(32-18)27-19-13-20(25-16(2)24-19)29-9-7-28(8-10-29)11-12-30/h3-6,13-14,30H,7-12H2,1-2H3,(H,26,31)(H,23,24,25,27). The van der Waals surface area contributed by atoms with Crippen molar-refractivity contribution in [1.82, 2.24) is 19.9 Å². The second kappa shape index (κ2) is 10.0. The Labute approximate surface area is 191 Å². The fourth-order valence-electron chi connectivity index (χ4n) is 3.56. The Kier molecular flexibility index (Phi) is 6.93. The van der Waals surface area contributed by atoms with Gasteiger partial charge in [-0.2, -0.15) is 0 Å². The maximum atomic E-state index is 12.6. The number of piperazine rings is 1. The molecule has 0 unspecified atom stereocenters. The van der Waals surface area contributed by atoms with Gasteiger partial charge < -0.3 is 20.6 Å². The van der Waals surface area contributed by atoms with E-state index < -0.39 is 0 Å².